The van der Waals surface area contributed by atoms with Gasteiger partial charge in [-0.2, -0.15) is 5.10 Å². The molecule has 2 aromatic carbocycles. The van der Waals surface area contributed by atoms with Crippen LogP contribution in [0.3, 0.4) is 0 Å². The van der Waals surface area contributed by atoms with Crippen molar-refractivity contribution in [3.8, 4) is 5.75 Å². The average molecular weight is 478 g/mol. The van der Waals surface area contributed by atoms with Crippen LogP contribution in [0, 0.1) is 0 Å². The number of aromatic nitrogens is 1. The standard InChI is InChI=1S/C20H20BrN3O2S2/c1-3-10-26-17-9-8-15(21)11-14(17)12-22-24-19(25)13(2)27-20-23-16-6-4-5-7-18(16)28-20/h4-9,11-13H,3,10H2,1-2H3,(H,24,25)/b22-12+. The smallest absolute Gasteiger partial charge is 0.253 e. The van der Waals surface area contributed by atoms with Crippen molar-refractivity contribution >= 4 is 61.4 Å². The van der Waals surface area contributed by atoms with E-state index in [1.165, 1.54) is 11.8 Å². The summed E-state index contributed by atoms with van der Waals surface area (Å²) in [4.78, 5) is 16.9. The first-order valence-electron chi connectivity index (χ1n) is 8.84. The van der Waals surface area contributed by atoms with Gasteiger partial charge in [0.2, 0.25) is 0 Å². The lowest BCUT2D eigenvalue weighted by molar-refractivity contribution is -0.120. The van der Waals surface area contributed by atoms with Gasteiger partial charge in [-0.1, -0.05) is 46.7 Å². The average Bonchev–Trinajstić information content (AvgIpc) is 3.09. The maximum absolute atomic E-state index is 12.4. The molecule has 3 aromatic rings. The fraction of sp³-hybridized carbons (Fsp3) is 0.250. The number of carbonyl (C=O) groups excluding carboxylic acids is 1. The highest BCUT2D eigenvalue weighted by molar-refractivity contribution is 9.10. The molecule has 1 unspecified atom stereocenters. The van der Waals surface area contributed by atoms with Gasteiger partial charge in [-0.3, -0.25) is 4.79 Å². The summed E-state index contributed by atoms with van der Waals surface area (Å²) in [5, 5.41) is 3.79. The number of hydrogen-bond donors (Lipinski definition) is 1. The van der Waals surface area contributed by atoms with E-state index in [2.05, 4.69) is 38.4 Å². The van der Waals surface area contributed by atoms with E-state index in [9.17, 15) is 4.79 Å². The molecule has 1 atom stereocenters. The Morgan fingerprint density at radius 2 is 2.21 bits per heavy atom. The number of thioether (sulfide) groups is 1. The van der Waals surface area contributed by atoms with E-state index in [-0.39, 0.29) is 11.2 Å². The zero-order valence-corrected chi connectivity index (χ0v) is 18.7. The second-order valence-electron chi connectivity index (χ2n) is 5.97. The van der Waals surface area contributed by atoms with Crippen LogP contribution in [-0.4, -0.2) is 29.0 Å². The third-order valence-corrected chi connectivity index (χ3v) is 6.46. The third-order valence-electron chi connectivity index (χ3n) is 3.73. The van der Waals surface area contributed by atoms with E-state index in [1.807, 2.05) is 49.4 Å². The summed E-state index contributed by atoms with van der Waals surface area (Å²) in [7, 11) is 0. The molecule has 0 bridgehead atoms. The number of fused-ring (bicyclic) bond motifs is 1. The zero-order chi connectivity index (χ0) is 19.9. The van der Waals surface area contributed by atoms with E-state index in [4.69, 9.17) is 4.74 Å². The van der Waals surface area contributed by atoms with E-state index in [0.717, 1.165) is 36.8 Å². The van der Waals surface area contributed by atoms with E-state index in [1.54, 1.807) is 17.6 Å². The highest BCUT2D eigenvalue weighted by Gasteiger charge is 2.16. The summed E-state index contributed by atoms with van der Waals surface area (Å²) in [6.07, 6.45) is 2.52. The van der Waals surface area contributed by atoms with Crippen LogP contribution in [0.4, 0.5) is 0 Å². The first-order valence-corrected chi connectivity index (χ1v) is 11.3. The number of benzene rings is 2. The normalized spacial score (nSPS) is 12.4. The summed E-state index contributed by atoms with van der Waals surface area (Å²) in [5.41, 5.74) is 4.36. The molecule has 1 heterocycles. The Morgan fingerprint density at radius 1 is 1.39 bits per heavy atom. The molecule has 0 fully saturated rings. The predicted octanol–water partition coefficient (Wildman–Crippen LogP) is 5.48. The molecule has 3 rings (SSSR count). The number of carbonyl (C=O) groups is 1. The molecule has 8 heteroatoms. The molecular formula is C20H20BrN3O2S2. The number of hydrazone groups is 1. The first kappa shape index (κ1) is 20.8. The molecule has 0 radical (unpaired) electrons. The number of thiazole rings is 1. The Balaban J connectivity index is 1.60. The van der Waals surface area contributed by atoms with Crippen LogP contribution in [0.2, 0.25) is 0 Å². The van der Waals surface area contributed by atoms with Crippen molar-refractivity contribution in [1.82, 2.24) is 10.4 Å². The molecule has 1 N–H and O–H groups in total. The Labute approximate surface area is 180 Å². The van der Waals surface area contributed by atoms with Crippen LogP contribution in [0.15, 0.2) is 56.4 Å². The summed E-state index contributed by atoms with van der Waals surface area (Å²) in [6, 6.07) is 13.7. The minimum absolute atomic E-state index is 0.175. The Morgan fingerprint density at radius 3 is 3.00 bits per heavy atom. The topological polar surface area (TPSA) is 63.6 Å². The van der Waals surface area contributed by atoms with Gasteiger partial charge in [0.1, 0.15) is 5.75 Å². The van der Waals surface area contributed by atoms with Crippen LogP contribution in [0.5, 0.6) is 5.75 Å². The Hall–Kier alpha value is -1.90. The number of rotatable bonds is 8. The fourth-order valence-corrected chi connectivity index (χ4v) is 4.91. The molecule has 5 nitrogen and oxygen atoms in total. The molecule has 0 aliphatic rings. The SMILES string of the molecule is CCCOc1ccc(Br)cc1/C=N/NC(=O)C(C)Sc1nc2ccccc2s1. The Bertz CT molecular complexity index is 957. The van der Waals surface area contributed by atoms with E-state index < -0.39 is 0 Å². The van der Waals surface area contributed by atoms with E-state index >= 15 is 0 Å². The zero-order valence-electron chi connectivity index (χ0n) is 15.5. The van der Waals surface area contributed by atoms with E-state index in [0.29, 0.717) is 6.61 Å². The van der Waals surface area contributed by atoms with Crippen LogP contribution < -0.4 is 10.2 Å². The Kier molecular flexibility index (Phi) is 7.47. The lowest BCUT2D eigenvalue weighted by Crippen LogP contribution is -2.26. The molecule has 0 saturated carbocycles. The van der Waals surface area contributed by atoms with Gasteiger partial charge in [0.15, 0.2) is 4.34 Å². The van der Waals surface area contributed by atoms with Crippen LogP contribution in [0.25, 0.3) is 10.2 Å². The van der Waals surface area contributed by atoms with Crippen molar-refractivity contribution in [2.75, 3.05) is 6.61 Å². The van der Waals surface area contributed by atoms with Gasteiger partial charge in [-0.25, -0.2) is 10.4 Å². The van der Waals surface area contributed by atoms with Gasteiger partial charge in [0, 0.05) is 10.0 Å². The number of halogens is 1. The largest absolute Gasteiger partial charge is 0.493 e. The maximum Gasteiger partial charge on any atom is 0.253 e. The molecular weight excluding hydrogens is 458 g/mol. The minimum atomic E-state index is -0.309. The lowest BCUT2D eigenvalue weighted by atomic mass is 10.2. The van der Waals surface area contributed by atoms with Crippen molar-refractivity contribution in [1.29, 1.82) is 0 Å². The predicted molar refractivity (Wildman–Crippen MR) is 121 cm³/mol. The number of para-hydroxylation sites is 1. The van der Waals surface area contributed by atoms with Crippen molar-refractivity contribution < 1.29 is 9.53 Å². The highest BCUT2D eigenvalue weighted by Crippen LogP contribution is 2.31. The molecule has 146 valence electrons. The summed E-state index contributed by atoms with van der Waals surface area (Å²) < 4.78 is 8.62. The minimum Gasteiger partial charge on any atom is -0.493 e. The van der Waals surface area contributed by atoms with Crippen LogP contribution in [0.1, 0.15) is 25.8 Å². The maximum atomic E-state index is 12.4. The fourth-order valence-electron chi connectivity index (χ4n) is 2.33. The van der Waals surface area contributed by atoms with Crippen molar-refractivity contribution in [2.24, 2.45) is 5.10 Å². The van der Waals surface area contributed by atoms with Crippen LogP contribution in [-0.2, 0) is 4.79 Å². The van der Waals surface area contributed by atoms with Crippen molar-refractivity contribution in [3.63, 3.8) is 0 Å². The number of hydrogen-bond acceptors (Lipinski definition) is 6. The molecule has 0 saturated heterocycles. The monoisotopic (exact) mass is 477 g/mol. The number of amides is 1. The third kappa shape index (κ3) is 5.56. The van der Waals surface area contributed by atoms with Gasteiger partial charge in [0.25, 0.3) is 5.91 Å². The number of nitrogens with one attached hydrogen (secondary N) is 1. The van der Waals surface area contributed by atoms with Gasteiger partial charge >= 0.3 is 0 Å². The van der Waals surface area contributed by atoms with Crippen molar-refractivity contribution in [2.45, 2.75) is 29.9 Å². The number of nitrogens with zero attached hydrogens (tertiary/aromatic N) is 2. The summed E-state index contributed by atoms with van der Waals surface area (Å²) in [5.74, 6) is 0.562. The lowest BCUT2D eigenvalue weighted by Gasteiger charge is -2.09. The molecule has 1 aromatic heterocycles. The molecule has 1 amide bonds. The molecule has 28 heavy (non-hydrogen) atoms. The van der Waals surface area contributed by atoms with Gasteiger partial charge in [-0.15, -0.1) is 11.3 Å². The summed E-state index contributed by atoms with van der Waals surface area (Å²) >= 11 is 6.46. The molecule has 0 spiro atoms. The second kappa shape index (κ2) is 10.0. The molecule has 0 aliphatic heterocycles. The van der Waals surface area contributed by atoms with Gasteiger partial charge in [0.05, 0.1) is 28.3 Å². The molecule has 0 aliphatic carbocycles. The van der Waals surface area contributed by atoms with Crippen LogP contribution >= 0.6 is 39.0 Å². The first-order chi connectivity index (χ1) is 13.6. The van der Waals surface area contributed by atoms with Gasteiger partial charge in [-0.05, 0) is 43.7 Å². The quantitative estimate of drug-likeness (QED) is 0.265. The number of ether oxygens (including phenoxy) is 1. The van der Waals surface area contributed by atoms with Gasteiger partial charge < -0.3 is 4.74 Å². The second-order valence-corrected chi connectivity index (χ2v) is 9.51. The van der Waals surface area contributed by atoms with Crippen molar-refractivity contribution in [3.05, 3.63) is 52.5 Å². The highest BCUT2D eigenvalue weighted by atomic mass is 79.9. The summed E-state index contributed by atoms with van der Waals surface area (Å²) in [6.45, 7) is 4.53.